The second-order valence-corrected chi connectivity index (χ2v) is 7.41. The van der Waals surface area contributed by atoms with Crippen molar-refractivity contribution in [3.63, 3.8) is 0 Å². The van der Waals surface area contributed by atoms with E-state index in [1.54, 1.807) is 31.1 Å². The number of anilines is 2. The monoisotopic (exact) mass is 404 g/mol. The van der Waals surface area contributed by atoms with Gasteiger partial charge in [-0.25, -0.2) is 9.97 Å². The van der Waals surface area contributed by atoms with Gasteiger partial charge in [-0.2, -0.15) is 0 Å². The lowest BCUT2D eigenvalue weighted by atomic mass is 10.1. The number of carbonyl (C=O) groups is 1. The topological polar surface area (TPSA) is 85.2 Å². The van der Waals surface area contributed by atoms with Gasteiger partial charge >= 0.3 is 0 Å². The molecule has 142 valence electrons. The Morgan fingerprint density at radius 2 is 1.89 bits per heavy atom. The largest absolute Gasteiger partial charge is 0.357 e. The minimum atomic E-state index is 0. The van der Waals surface area contributed by atoms with Crippen molar-refractivity contribution in [1.29, 1.82) is 5.41 Å². The van der Waals surface area contributed by atoms with Gasteiger partial charge in [-0.3, -0.25) is 10.2 Å². The first-order valence-electron chi connectivity index (χ1n) is 8.57. The molecule has 0 saturated carbocycles. The molecule has 9 heteroatoms. The molecule has 1 aromatic heterocycles. The van der Waals surface area contributed by atoms with Crippen LogP contribution in [0.15, 0.2) is 40.5 Å². The average molecular weight is 405 g/mol. The van der Waals surface area contributed by atoms with Crippen LogP contribution in [0.25, 0.3) is 0 Å². The number of benzene rings is 1. The zero-order valence-electron chi connectivity index (χ0n) is 14.9. The highest BCUT2D eigenvalue weighted by Crippen LogP contribution is 2.42. The lowest BCUT2D eigenvalue weighted by molar-refractivity contribution is -0.130. The van der Waals surface area contributed by atoms with E-state index in [1.165, 1.54) is 0 Å². The van der Waals surface area contributed by atoms with Gasteiger partial charge < -0.3 is 15.1 Å². The molecule has 0 unspecified atom stereocenters. The van der Waals surface area contributed by atoms with Crippen molar-refractivity contribution in [3.8, 4) is 0 Å². The van der Waals surface area contributed by atoms with Gasteiger partial charge in [0.1, 0.15) is 10.9 Å². The van der Waals surface area contributed by atoms with E-state index >= 15 is 0 Å². The Kier molecular flexibility index (Phi) is 5.86. The lowest BCUT2D eigenvalue weighted by Crippen LogP contribution is -2.50. The summed E-state index contributed by atoms with van der Waals surface area (Å²) in [6, 6.07) is 6.22. The molecular formula is C18H21ClN6OS. The molecule has 0 spiro atoms. The molecule has 27 heavy (non-hydrogen) atoms. The zero-order chi connectivity index (χ0) is 18.1. The van der Waals surface area contributed by atoms with Gasteiger partial charge in [0.15, 0.2) is 5.82 Å². The van der Waals surface area contributed by atoms with Crippen LogP contribution in [0.1, 0.15) is 12.5 Å². The molecule has 0 radical (unpaired) electrons. The number of rotatable bonds is 2. The number of fused-ring (bicyclic) bond motifs is 2. The lowest BCUT2D eigenvalue weighted by Gasteiger charge is -2.35. The van der Waals surface area contributed by atoms with Crippen molar-refractivity contribution >= 4 is 47.4 Å². The maximum absolute atomic E-state index is 11.4. The van der Waals surface area contributed by atoms with E-state index in [0.717, 1.165) is 40.1 Å². The fourth-order valence-corrected chi connectivity index (χ4v) is 4.07. The highest BCUT2D eigenvalue weighted by atomic mass is 35.5. The number of amidine groups is 1. The Morgan fingerprint density at radius 1 is 1.19 bits per heavy atom. The van der Waals surface area contributed by atoms with E-state index < -0.39 is 0 Å². The predicted octanol–water partition coefficient (Wildman–Crippen LogP) is 2.79. The molecule has 1 aromatic carbocycles. The standard InChI is InChI=1S/C18H20N6OS.ClH/c1-12(25)23-6-8-24(9-7-23)16(19)11-13-2-3-15-14(10-13)22-17-18(26-15)21-5-4-20-17;/h2-5,10,19H,6-9,11H2,1H3,(H,20,22);1H. The third-order valence-electron chi connectivity index (χ3n) is 4.65. The minimum absolute atomic E-state index is 0. The van der Waals surface area contributed by atoms with Crippen LogP contribution in [-0.2, 0) is 11.2 Å². The molecule has 2 aliphatic rings. The van der Waals surface area contributed by atoms with E-state index in [0.29, 0.717) is 25.3 Å². The Hall–Kier alpha value is -2.32. The number of piperazine rings is 1. The minimum Gasteiger partial charge on any atom is -0.357 e. The van der Waals surface area contributed by atoms with Crippen LogP contribution in [0.5, 0.6) is 0 Å². The van der Waals surface area contributed by atoms with Crippen LogP contribution in [0.2, 0.25) is 0 Å². The number of aromatic nitrogens is 2. The maximum atomic E-state index is 11.4. The number of hydrogen-bond donors (Lipinski definition) is 2. The molecule has 2 aromatic rings. The van der Waals surface area contributed by atoms with Crippen molar-refractivity contribution in [1.82, 2.24) is 19.8 Å². The molecule has 2 aliphatic heterocycles. The third kappa shape index (κ3) is 4.17. The van der Waals surface area contributed by atoms with Crippen LogP contribution in [0.4, 0.5) is 11.5 Å². The van der Waals surface area contributed by atoms with Gasteiger partial charge in [-0.15, -0.1) is 12.4 Å². The van der Waals surface area contributed by atoms with Gasteiger partial charge in [0, 0.05) is 56.8 Å². The number of nitrogens with one attached hydrogen (secondary N) is 2. The summed E-state index contributed by atoms with van der Waals surface area (Å²) in [5, 5.41) is 12.6. The summed E-state index contributed by atoms with van der Waals surface area (Å²) in [7, 11) is 0. The molecule has 7 nitrogen and oxygen atoms in total. The highest BCUT2D eigenvalue weighted by Gasteiger charge is 2.21. The number of halogens is 1. The number of hydrogen-bond acceptors (Lipinski definition) is 6. The first kappa shape index (κ1) is 19.4. The Balaban J connectivity index is 0.00000210. The fourth-order valence-electron chi connectivity index (χ4n) is 3.19. The molecule has 0 aliphatic carbocycles. The predicted molar refractivity (Wildman–Crippen MR) is 108 cm³/mol. The van der Waals surface area contributed by atoms with Gasteiger partial charge in [-0.1, -0.05) is 17.8 Å². The Bertz CT molecular complexity index is 869. The molecule has 1 fully saturated rings. The fraction of sp³-hybridized carbons (Fsp3) is 0.333. The van der Waals surface area contributed by atoms with Gasteiger partial charge in [0.2, 0.25) is 5.91 Å². The van der Waals surface area contributed by atoms with E-state index in [2.05, 4.69) is 38.4 Å². The summed E-state index contributed by atoms with van der Waals surface area (Å²) in [6.45, 7) is 4.42. The van der Waals surface area contributed by atoms with E-state index in [1.807, 2.05) is 4.90 Å². The number of amides is 1. The van der Waals surface area contributed by atoms with Crippen molar-refractivity contribution < 1.29 is 4.79 Å². The number of nitrogens with zero attached hydrogens (tertiary/aromatic N) is 4. The van der Waals surface area contributed by atoms with Crippen LogP contribution >= 0.6 is 24.2 Å². The third-order valence-corrected chi connectivity index (χ3v) is 5.71. The van der Waals surface area contributed by atoms with Gasteiger partial charge in [0.25, 0.3) is 0 Å². The molecule has 0 atom stereocenters. The summed E-state index contributed by atoms with van der Waals surface area (Å²) in [6.07, 6.45) is 3.95. The molecule has 2 N–H and O–H groups in total. The van der Waals surface area contributed by atoms with Crippen molar-refractivity contribution in [2.75, 3.05) is 31.5 Å². The van der Waals surface area contributed by atoms with Crippen LogP contribution in [0.3, 0.4) is 0 Å². The summed E-state index contributed by atoms with van der Waals surface area (Å²) in [5.74, 6) is 1.48. The molecule has 1 saturated heterocycles. The van der Waals surface area contributed by atoms with Crippen molar-refractivity contribution in [2.24, 2.45) is 0 Å². The van der Waals surface area contributed by atoms with Crippen LogP contribution in [-0.4, -0.2) is 57.7 Å². The van der Waals surface area contributed by atoms with Crippen molar-refractivity contribution in [2.45, 2.75) is 23.3 Å². The average Bonchev–Trinajstić information content (AvgIpc) is 2.66. The molecule has 4 rings (SSSR count). The molecule has 3 heterocycles. The zero-order valence-corrected chi connectivity index (χ0v) is 16.6. The summed E-state index contributed by atoms with van der Waals surface area (Å²) >= 11 is 1.60. The normalized spacial score (nSPS) is 15.1. The number of carbonyl (C=O) groups excluding carboxylic acids is 1. The van der Waals surface area contributed by atoms with Crippen LogP contribution < -0.4 is 5.32 Å². The second kappa shape index (κ2) is 8.14. The molecular weight excluding hydrogens is 384 g/mol. The first-order valence-corrected chi connectivity index (χ1v) is 9.38. The molecule has 0 bridgehead atoms. The summed E-state index contributed by atoms with van der Waals surface area (Å²) in [4.78, 5) is 25.1. The summed E-state index contributed by atoms with van der Waals surface area (Å²) < 4.78 is 0. The van der Waals surface area contributed by atoms with E-state index in [4.69, 9.17) is 5.41 Å². The Labute approximate surface area is 168 Å². The van der Waals surface area contributed by atoms with Crippen LogP contribution in [0, 0.1) is 5.41 Å². The van der Waals surface area contributed by atoms with E-state index in [-0.39, 0.29) is 18.3 Å². The van der Waals surface area contributed by atoms with Gasteiger partial charge in [-0.05, 0) is 17.7 Å². The maximum Gasteiger partial charge on any atom is 0.219 e. The van der Waals surface area contributed by atoms with Gasteiger partial charge in [0.05, 0.1) is 5.69 Å². The van der Waals surface area contributed by atoms with Crippen molar-refractivity contribution in [3.05, 3.63) is 36.2 Å². The Morgan fingerprint density at radius 3 is 2.63 bits per heavy atom. The molecule has 1 amide bonds. The SMILES string of the molecule is CC(=O)N1CCN(C(=N)Cc2ccc3c(c2)Nc2nccnc2S3)CC1.Cl. The van der Waals surface area contributed by atoms with E-state index in [9.17, 15) is 4.79 Å². The first-order chi connectivity index (χ1) is 12.6. The second-order valence-electron chi connectivity index (χ2n) is 6.38. The smallest absolute Gasteiger partial charge is 0.219 e. The quantitative estimate of drug-likeness (QED) is 0.504. The highest BCUT2D eigenvalue weighted by molar-refractivity contribution is 7.99. The summed E-state index contributed by atoms with van der Waals surface area (Å²) in [5.41, 5.74) is 2.10.